The number of phenols is 2. The van der Waals surface area contributed by atoms with Gasteiger partial charge in [0.2, 0.25) is 0 Å². The van der Waals surface area contributed by atoms with Gasteiger partial charge in [-0.2, -0.15) is 0 Å². The molecular formula is C15H15O6PS. The van der Waals surface area contributed by atoms with Crippen molar-refractivity contribution in [2.24, 2.45) is 0 Å². The van der Waals surface area contributed by atoms with E-state index in [0.717, 1.165) is 0 Å². The summed E-state index contributed by atoms with van der Waals surface area (Å²) in [6.45, 7) is -2.84. The van der Waals surface area contributed by atoms with Gasteiger partial charge in [-0.15, -0.1) is 0 Å². The first-order chi connectivity index (χ1) is 10.7. The van der Waals surface area contributed by atoms with E-state index in [1.54, 1.807) is 19.1 Å². The number of hydrogen-bond donors (Lipinski definition) is 4. The van der Waals surface area contributed by atoms with Crippen molar-refractivity contribution in [2.45, 2.75) is 17.7 Å². The van der Waals surface area contributed by atoms with Gasteiger partial charge in [-0.1, -0.05) is 25.1 Å². The highest BCUT2D eigenvalue weighted by atomic mass is 32.7. The lowest BCUT2D eigenvalue weighted by atomic mass is 9.92. The number of rotatable bonds is 5. The van der Waals surface area contributed by atoms with E-state index in [9.17, 15) is 19.6 Å². The van der Waals surface area contributed by atoms with Gasteiger partial charge in [-0.05, 0) is 41.2 Å². The highest BCUT2D eigenvalue weighted by Crippen LogP contribution is 2.56. The summed E-state index contributed by atoms with van der Waals surface area (Å²) in [7, 11) is 0. The third-order valence-electron chi connectivity index (χ3n) is 3.25. The van der Waals surface area contributed by atoms with Crippen LogP contribution in [-0.4, -0.2) is 25.8 Å². The first kappa shape index (κ1) is 17.6. The van der Waals surface area contributed by atoms with Gasteiger partial charge < -0.3 is 20.0 Å². The van der Waals surface area contributed by atoms with Gasteiger partial charge in [-0.25, -0.2) is 4.57 Å². The van der Waals surface area contributed by atoms with Crippen LogP contribution in [0.4, 0.5) is 0 Å². The number of phenolic OH excluding ortho intramolecular Hbond substituents is 2. The van der Waals surface area contributed by atoms with Crippen LogP contribution in [-0.2, 0) is 4.57 Å². The molecule has 122 valence electrons. The van der Waals surface area contributed by atoms with E-state index in [2.05, 4.69) is 0 Å². The van der Waals surface area contributed by atoms with Crippen LogP contribution >= 0.6 is 18.2 Å². The largest absolute Gasteiger partial charge is 0.508 e. The van der Waals surface area contributed by atoms with Crippen LogP contribution in [0.5, 0.6) is 11.5 Å². The predicted molar refractivity (Wildman–Crippen MR) is 86.9 cm³/mol. The molecule has 0 fully saturated rings. The normalized spacial score (nSPS) is 12.8. The van der Waals surface area contributed by atoms with E-state index in [0.29, 0.717) is 5.56 Å². The van der Waals surface area contributed by atoms with Crippen molar-refractivity contribution in [1.82, 2.24) is 0 Å². The van der Waals surface area contributed by atoms with Gasteiger partial charge in [-0.3, -0.25) is 4.79 Å². The molecule has 0 aliphatic rings. The number of carbonyl (C=O) groups is 1. The molecule has 0 saturated carbocycles. The molecule has 8 heteroatoms. The summed E-state index contributed by atoms with van der Waals surface area (Å²) in [6.07, 6.45) is 0. The average Bonchev–Trinajstić information content (AvgIpc) is 2.45. The Hall–Kier alpha value is -1.79. The molecule has 0 spiro atoms. The second-order valence-corrected chi connectivity index (χ2v) is 8.49. The molecule has 0 amide bonds. The monoisotopic (exact) mass is 354 g/mol. The minimum absolute atomic E-state index is 0.0222. The molecular weight excluding hydrogens is 339 g/mol. The van der Waals surface area contributed by atoms with E-state index in [4.69, 9.17) is 9.79 Å². The molecule has 1 unspecified atom stereocenters. The van der Waals surface area contributed by atoms with Gasteiger partial charge in [0, 0.05) is 10.8 Å². The fourth-order valence-electron chi connectivity index (χ4n) is 2.10. The standard InChI is InChI=1S/C15H15O6PS/c1-9(10-5-7-11(16)8-6-10)15(18)14-12(17)3-2-4-13(14)23-22(19,20)21/h2-9,16-17H,1H3,(H2,19,20,21). The van der Waals surface area contributed by atoms with Gasteiger partial charge in [0.05, 0.1) is 5.56 Å². The smallest absolute Gasteiger partial charge is 0.388 e. The van der Waals surface area contributed by atoms with Crippen LogP contribution in [0.15, 0.2) is 47.4 Å². The lowest BCUT2D eigenvalue weighted by Gasteiger charge is -2.15. The lowest BCUT2D eigenvalue weighted by Crippen LogP contribution is -2.11. The van der Waals surface area contributed by atoms with E-state index in [1.165, 1.54) is 30.3 Å². The molecule has 0 aliphatic heterocycles. The Labute approximate surface area is 136 Å². The van der Waals surface area contributed by atoms with E-state index in [1.807, 2.05) is 0 Å². The maximum Gasteiger partial charge on any atom is 0.388 e. The number of hydrogen-bond acceptors (Lipinski definition) is 5. The Morgan fingerprint density at radius 1 is 1.09 bits per heavy atom. The molecule has 6 nitrogen and oxygen atoms in total. The van der Waals surface area contributed by atoms with Crippen molar-refractivity contribution in [2.75, 3.05) is 0 Å². The van der Waals surface area contributed by atoms with E-state index < -0.39 is 18.5 Å². The van der Waals surface area contributed by atoms with Crippen molar-refractivity contribution in [3.8, 4) is 11.5 Å². The molecule has 0 aliphatic carbocycles. The Morgan fingerprint density at radius 3 is 2.26 bits per heavy atom. The van der Waals surface area contributed by atoms with Crippen LogP contribution in [0.2, 0.25) is 0 Å². The maximum absolute atomic E-state index is 12.7. The number of Topliss-reactive ketones (excluding diaryl/α,β-unsaturated/α-hetero) is 1. The summed E-state index contributed by atoms with van der Waals surface area (Å²) < 4.78 is 11.2. The van der Waals surface area contributed by atoms with Gasteiger partial charge in [0.25, 0.3) is 0 Å². The van der Waals surface area contributed by atoms with Crippen molar-refractivity contribution in [3.05, 3.63) is 53.6 Å². The number of carbonyl (C=O) groups excluding carboxylic acids is 1. The SMILES string of the molecule is CC(C(=O)c1c(O)cccc1SP(=O)(O)O)c1ccc(O)cc1. The fourth-order valence-corrected chi connectivity index (χ4v) is 4.02. The highest BCUT2D eigenvalue weighted by Gasteiger charge is 2.27. The van der Waals surface area contributed by atoms with Crippen LogP contribution in [0.25, 0.3) is 0 Å². The molecule has 2 aromatic carbocycles. The van der Waals surface area contributed by atoms with Gasteiger partial charge >= 0.3 is 6.80 Å². The Balaban J connectivity index is 2.42. The van der Waals surface area contributed by atoms with Crippen LogP contribution < -0.4 is 0 Å². The summed E-state index contributed by atoms with van der Waals surface area (Å²) in [5.74, 6) is -1.39. The minimum atomic E-state index is -4.46. The molecule has 2 aromatic rings. The molecule has 0 heterocycles. The third-order valence-corrected chi connectivity index (χ3v) is 5.33. The summed E-state index contributed by atoms with van der Waals surface area (Å²) in [6, 6.07) is 10.1. The molecule has 0 saturated heterocycles. The molecule has 2 rings (SSSR count). The van der Waals surface area contributed by atoms with Crippen molar-refractivity contribution < 1.29 is 29.4 Å². The molecule has 0 radical (unpaired) electrons. The summed E-state index contributed by atoms with van der Waals surface area (Å²) >= 11 is 0.231. The fraction of sp³-hybridized carbons (Fsp3) is 0.133. The molecule has 0 aromatic heterocycles. The van der Waals surface area contributed by atoms with Crippen molar-refractivity contribution in [3.63, 3.8) is 0 Å². The summed E-state index contributed by atoms with van der Waals surface area (Å²) in [4.78, 5) is 30.9. The minimum Gasteiger partial charge on any atom is -0.508 e. The number of benzene rings is 2. The van der Waals surface area contributed by atoms with Crippen LogP contribution in [0, 0.1) is 0 Å². The van der Waals surface area contributed by atoms with E-state index in [-0.39, 0.29) is 33.3 Å². The lowest BCUT2D eigenvalue weighted by molar-refractivity contribution is 0.0960. The zero-order valence-electron chi connectivity index (χ0n) is 12.1. The van der Waals surface area contributed by atoms with Gasteiger partial charge in [0.1, 0.15) is 11.5 Å². The zero-order valence-corrected chi connectivity index (χ0v) is 13.8. The Kier molecular flexibility index (Phi) is 5.16. The van der Waals surface area contributed by atoms with Crippen LogP contribution in [0.1, 0.15) is 28.8 Å². The topological polar surface area (TPSA) is 115 Å². The molecule has 0 bridgehead atoms. The van der Waals surface area contributed by atoms with Crippen LogP contribution in [0.3, 0.4) is 0 Å². The van der Waals surface area contributed by atoms with Gasteiger partial charge in [0.15, 0.2) is 5.78 Å². The first-order valence-electron chi connectivity index (χ1n) is 6.59. The second-order valence-electron chi connectivity index (χ2n) is 4.91. The molecule has 4 N–H and O–H groups in total. The number of aromatic hydroxyl groups is 2. The summed E-state index contributed by atoms with van der Waals surface area (Å²) in [5.41, 5.74) is 0.490. The second kappa shape index (κ2) is 6.76. The quantitative estimate of drug-likeness (QED) is 0.481. The highest BCUT2D eigenvalue weighted by molar-refractivity contribution is 8.54. The van der Waals surface area contributed by atoms with Crippen molar-refractivity contribution >= 4 is 24.0 Å². The molecule has 1 atom stereocenters. The average molecular weight is 354 g/mol. The zero-order chi connectivity index (χ0) is 17.2. The van der Waals surface area contributed by atoms with E-state index >= 15 is 0 Å². The first-order valence-corrected chi connectivity index (χ1v) is 9.62. The third kappa shape index (κ3) is 4.36. The van der Waals surface area contributed by atoms with Crippen molar-refractivity contribution in [1.29, 1.82) is 0 Å². The number of ketones is 1. The maximum atomic E-state index is 12.7. The summed E-state index contributed by atoms with van der Waals surface area (Å²) in [5, 5.41) is 19.3. The molecule has 23 heavy (non-hydrogen) atoms. The predicted octanol–water partition coefficient (Wildman–Crippen LogP) is 3.27. The Bertz CT molecular complexity index is 768. The Morgan fingerprint density at radius 2 is 1.70 bits per heavy atom.